The van der Waals surface area contributed by atoms with Gasteiger partial charge in [-0.25, -0.2) is 4.98 Å². The third kappa shape index (κ3) is 4.13. The van der Waals surface area contributed by atoms with Crippen LogP contribution in [0.2, 0.25) is 5.02 Å². The lowest BCUT2D eigenvalue weighted by Crippen LogP contribution is -2.15. The highest BCUT2D eigenvalue weighted by Crippen LogP contribution is 2.36. The SMILES string of the molecule is CCn1c(-c2ccc3c(c2)OCCO3)cnc1SCc1nnc(-c2ccc(Cl)cc2)o1. The summed E-state index contributed by atoms with van der Waals surface area (Å²) in [5.41, 5.74) is 2.90. The average Bonchev–Trinajstić information content (AvgIpc) is 3.44. The molecule has 0 saturated heterocycles. The van der Waals surface area contributed by atoms with Crippen molar-refractivity contribution in [3.63, 3.8) is 0 Å². The van der Waals surface area contributed by atoms with Crippen molar-refractivity contribution in [3.05, 3.63) is 59.6 Å². The second-order valence-electron chi connectivity index (χ2n) is 6.83. The molecule has 0 radical (unpaired) electrons. The maximum absolute atomic E-state index is 5.94. The molecule has 2 aromatic heterocycles. The molecule has 5 rings (SSSR count). The quantitative estimate of drug-likeness (QED) is 0.364. The number of nitrogens with zero attached hydrogens (tertiary/aromatic N) is 4. The summed E-state index contributed by atoms with van der Waals surface area (Å²) < 4.78 is 19.3. The van der Waals surface area contributed by atoms with Gasteiger partial charge in [0.2, 0.25) is 11.8 Å². The molecule has 0 amide bonds. The van der Waals surface area contributed by atoms with Crippen LogP contribution in [0.15, 0.2) is 58.2 Å². The first-order chi connectivity index (χ1) is 15.2. The molecule has 158 valence electrons. The standard InChI is InChI=1S/C22H19ClN4O3S/c1-2-27-17(15-5-8-18-19(11-15)29-10-9-28-18)12-24-22(27)31-13-20-25-26-21(30-20)14-3-6-16(23)7-4-14/h3-8,11-12H,2,9-10,13H2,1H3. The molecule has 3 heterocycles. The van der Waals surface area contributed by atoms with Gasteiger partial charge in [-0.15, -0.1) is 10.2 Å². The summed E-state index contributed by atoms with van der Waals surface area (Å²) in [6.45, 7) is 4.02. The predicted molar refractivity (Wildman–Crippen MR) is 119 cm³/mol. The molecule has 2 aromatic carbocycles. The Labute approximate surface area is 188 Å². The van der Waals surface area contributed by atoms with Gasteiger partial charge in [-0.3, -0.25) is 0 Å². The van der Waals surface area contributed by atoms with Crippen molar-refractivity contribution in [2.75, 3.05) is 13.2 Å². The van der Waals surface area contributed by atoms with Gasteiger partial charge < -0.3 is 18.5 Å². The van der Waals surface area contributed by atoms with E-state index in [4.69, 9.17) is 25.5 Å². The van der Waals surface area contributed by atoms with E-state index in [0.29, 0.717) is 35.8 Å². The Bertz CT molecular complexity index is 1210. The number of fused-ring (bicyclic) bond motifs is 1. The first-order valence-corrected chi connectivity index (χ1v) is 11.2. The largest absolute Gasteiger partial charge is 0.486 e. The molecule has 1 aliphatic rings. The van der Waals surface area contributed by atoms with Crippen LogP contribution in [0, 0.1) is 0 Å². The van der Waals surface area contributed by atoms with Crippen LogP contribution in [0.5, 0.6) is 11.5 Å². The molecule has 1 aliphatic heterocycles. The zero-order valence-corrected chi connectivity index (χ0v) is 18.3. The average molecular weight is 455 g/mol. The second kappa shape index (κ2) is 8.64. The molecular formula is C22H19ClN4O3S. The highest BCUT2D eigenvalue weighted by molar-refractivity contribution is 7.98. The Kier molecular flexibility index (Phi) is 5.57. The van der Waals surface area contributed by atoms with Gasteiger partial charge >= 0.3 is 0 Å². The Morgan fingerprint density at radius 2 is 1.77 bits per heavy atom. The minimum atomic E-state index is 0.475. The van der Waals surface area contributed by atoms with Gasteiger partial charge in [0, 0.05) is 22.7 Å². The van der Waals surface area contributed by atoms with Crippen LogP contribution in [0.4, 0.5) is 0 Å². The first kappa shape index (κ1) is 20.0. The number of thioether (sulfide) groups is 1. The Morgan fingerprint density at radius 1 is 1.00 bits per heavy atom. The number of hydrogen-bond donors (Lipinski definition) is 0. The molecule has 0 atom stereocenters. The maximum atomic E-state index is 5.94. The van der Waals surface area contributed by atoms with Gasteiger partial charge in [0.1, 0.15) is 13.2 Å². The number of ether oxygens (including phenoxy) is 2. The lowest BCUT2D eigenvalue weighted by atomic mass is 10.1. The lowest BCUT2D eigenvalue weighted by molar-refractivity contribution is 0.171. The van der Waals surface area contributed by atoms with Crippen LogP contribution in [0.3, 0.4) is 0 Å². The van der Waals surface area contributed by atoms with Crippen molar-refractivity contribution in [2.24, 2.45) is 0 Å². The fraction of sp³-hybridized carbons (Fsp3) is 0.227. The molecule has 0 unspecified atom stereocenters. The molecule has 0 spiro atoms. The van der Waals surface area contributed by atoms with Gasteiger partial charge in [0.05, 0.1) is 17.6 Å². The summed E-state index contributed by atoms with van der Waals surface area (Å²) in [5.74, 6) is 3.09. The van der Waals surface area contributed by atoms with Gasteiger partial charge in [-0.1, -0.05) is 23.4 Å². The molecular weight excluding hydrogens is 436 g/mol. The topological polar surface area (TPSA) is 75.2 Å². The summed E-state index contributed by atoms with van der Waals surface area (Å²) >= 11 is 7.50. The van der Waals surface area contributed by atoms with Crippen LogP contribution in [0.1, 0.15) is 12.8 Å². The van der Waals surface area contributed by atoms with E-state index in [2.05, 4.69) is 26.7 Å². The number of rotatable bonds is 6. The monoisotopic (exact) mass is 454 g/mol. The first-order valence-electron chi connectivity index (χ1n) is 9.88. The predicted octanol–water partition coefficient (Wildman–Crippen LogP) is 5.34. The van der Waals surface area contributed by atoms with Gasteiger partial charge in [-0.2, -0.15) is 0 Å². The fourth-order valence-electron chi connectivity index (χ4n) is 3.36. The number of aromatic nitrogens is 4. The highest BCUT2D eigenvalue weighted by atomic mass is 35.5. The van der Waals surface area contributed by atoms with Crippen molar-refractivity contribution >= 4 is 23.4 Å². The van der Waals surface area contributed by atoms with Crippen LogP contribution < -0.4 is 9.47 Å². The van der Waals surface area contributed by atoms with E-state index in [1.54, 1.807) is 23.9 Å². The third-order valence-electron chi connectivity index (χ3n) is 4.86. The zero-order chi connectivity index (χ0) is 21.2. The molecule has 0 fully saturated rings. The summed E-state index contributed by atoms with van der Waals surface area (Å²) in [7, 11) is 0. The molecule has 9 heteroatoms. The van der Waals surface area contributed by atoms with Crippen molar-refractivity contribution in [1.82, 2.24) is 19.7 Å². The Hall–Kier alpha value is -2.97. The molecule has 4 aromatic rings. The fourth-order valence-corrected chi connectivity index (χ4v) is 4.37. The van der Waals surface area contributed by atoms with E-state index in [-0.39, 0.29) is 0 Å². The third-order valence-corrected chi connectivity index (χ3v) is 6.08. The molecule has 0 bridgehead atoms. The minimum absolute atomic E-state index is 0.475. The van der Waals surface area contributed by atoms with Gasteiger partial charge in [-0.05, 0) is 49.4 Å². The van der Waals surface area contributed by atoms with E-state index in [9.17, 15) is 0 Å². The molecule has 31 heavy (non-hydrogen) atoms. The van der Waals surface area contributed by atoms with Crippen molar-refractivity contribution in [1.29, 1.82) is 0 Å². The normalized spacial score (nSPS) is 12.8. The van der Waals surface area contributed by atoms with E-state index < -0.39 is 0 Å². The number of benzene rings is 2. The number of hydrogen-bond acceptors (Lipinski definition) is 7. The van der Waals surface area contributed by atoms with Crippen molar-refractivity contribution in [2.45, 2.75) is 24.4 Å². The lowest BCUT2D eigenvalue weighted by Gasteiger charge is -2.19. The van der Waals surface area contributed by atoms with Gasteiger partial charge in [0.25, 0.3) is 0 Å². The van der Waals surface area contributed by atoms with Crippen molar-refractivity contribution < 1.29 is 13.9 Å². The smallest absolute Gasteiger partial charge is 0.247 e. The summed E-state index contributed by atoms with van der Waals surface area (Å²) in [6, 6.07) is 13.3. The highest BCUT2D eigenvalue weighted by Gasteiger charge is 2.17. The molecule has 7 nitrogen and oxygen atoms in total. The Balaban J connectivity index is 1.33. The van der Waals surface area contributed by atoms with Crippen molar-refractivity contribution in [3.8, 4) is 34.2 Å². The molecule has 0 N–H and O–H groups in total. The van der Waals surface area contributed by atoms with Crippen LogP contribution in [-0.2, 0) is 12.3 Å². The van der Waals surface area contributed by atoms with E-state index in [1.807, 2.05) is 36.5 Å². The Morgan fingerprint density at radius 3 is 2.58 bits per heavy atom. The number of imidazole rings is 1. The van der Waals surface area contributed by atoms with Crippen LogP contribution in [-0.4, -0.2) is 33.0 Å². The zero-order valence-electron chi connectivity index (χ0n) is 16.7. The summed E-state index contributed by atoms with van der Waals surface area (Å²) in [5, 5.41) is 9.85. The maximum Gasteiger partial charge on any atom is 0.247 e. The number of halogens is 1. The van der Waals surface area contributed by atoms with E-state index in [1.165, 1.54) is 0 Å². The van der Waals surface area contributed by atoms with Crippen LogP contribution >= 0.6 is 23.4 Å². The van der Waals surface area contributed by atoms with Gasteiger partial charge in [0.15, 0.2) is 16.7 Å². The summed E-state index contributed by atoms with van der Waals surface area (Å²) in [4.78, 5) is 4.61. The minimum Gasteiger partial charge on any atom is -0.486 e. The molecule has 0 saturated carbocycles. The molecule has 0 aliphatic carbocycles. The summed E-state index contributed by atoms with van der Waals surface area (Å²) in [6.07, 6.45) is 1.88. The van der Waals surface area contributed by atoms with Crippen LogP contribution in [0.25, 0.3) is 22.7 Å². The second-order valence-corrected chi connectivity index (χ2v) is 8.20. The van der Waals surface area contributed by atoms with E-state index in [0.717, 1.165) is 40.0 Å². The van der Waals surface area contributed by atoms with E-state index >= 15 is 0 Å².